The summed E-state index contributed by atoms with van der Waals surface area (Å²) in [4.78, 5) is 1.87. The highest BCUT2D eigenvalue weighted by molar-refractivity contribution is 5.06. The molecule has 2 heterocycles. The van der Waals surface area contributed by atoms with E-state index in [1.165, 1.54) is 0 Å². The third kappa shape index (κ3) is 1.05. The van der Waals surface area contributed by atoms with Gasteiger partial charge in [-0.05, 0) is 19.4 Å². The van der Waals surface area contributed by atoms with Crippen molar-refractivity contribution in [2.45, 2.75) is 30.7 Å². The maximum Gasteiger partial charge on any atom is 0.262 e. The highest BCUT2D eigenvalue weighted by Crippen LogP contribution is 2.44. The number of hydrogen-bond donors (Lipinski definition) is 1. The Bertz CT molecular complexity index is 195. The summed E-state index contributed by atoms with van der Waals surface area (Å²) in [5.41, 5.74) is 5.20. The van der Waals surface area contributed by atoms with Crippen molar-refractivity contribution in [2.24, 2.45) is 5.73 Å². The zero-order chi connectivity index (χ0) is 8.82. The van der Waals surface area contributed by atoms with E-state index in [4.69, 9.17) is 5.73 Å². The third-order valence-corrected chi connectivity index (χ3v) is 3.13. The Morgan fingerprint density at radius 2 is 2.17 bits per heavy atom. The first-order chi connectivity index (χ1) is 5.58. The summed E-state index contributed by atoms with van der Waals surface area (Å²) in [5, 5.41) is 0. The van der Waals surface area contributed by atoms with Gasteiger partial charge in [-0.2, -0.15) is 0 Å². The number of nitrogens with two attached hydrogens (primary N) is 1. The fourth-order valence-corrected chi connectivity index (χ4v) is 2.56. The van der Waals surface area contributed by atoms with Crippen LogP contribution in [0.15, 0.2) is 0 Å². The SMILES string of the molecule is NC[C@]12CCCN1CC(F)(F)C2. The predicted octanol–water partition coefficient (Wildman–Crippen LogP) is 0.819. The van der Waals surface area contributed by atoms with Crippen LogP contribution in [0.3, 0.4) is 0 Å². The maximum atomic E-state index is 13.0. The summed E-state index contributed by atoms with van der Waals surface area (Å²) in [6.07, 6.45) is 1.84. The molecule has 0 spiro atoms. The van der Waals surface area contributed by atoms with E-state index < -0.39 is 5.92 Å². The second-order valence-corrected chi connectivity index (χ2v) is 3.99. The first-order valence-electron chi connectivity index (χ1n) is 4.41. The van der Waals surface area contributed by atoms with Crippen molar-refractivity contribution in [3.05, 3.63) is 0 Å². The predicted molar refractivity (Wildman–Crippen MR) is 42.2 cm³/mol. The van der Waals surface area contributed by atoms with Gasteiger partial charge >= 0.3 is 0 Å². The van der Waals surface area contributed by atoms with Crippen LogP contribution in [0.5, 0.6) is 0 Å². The first kappa shape index (κ1) is 8.38. The Hall–Kier alpha value is -0.220. The number of halogens is 2. The molecule has 4 heteroatoms. The summed E-state index contributed by atoms with van der Waals surface area (Å²) in [6.45, 7) is 1.10. The van der Waals surface area contributed by atoms with E-state index >= 15 is 0 Å². The second kappa shape index (κ2) is 2.39. The van der Waals surface area contributed by atoms with Crippen LogP contribution in [-0.4, -0.2) is 36.0 Å². The molecular formula is C8H14F2N2. The van der Waals surface area contributed by atoms with Crippen molar-refractivity contribution >= 4 is 0 Å². The molecule has 2 N–H and O–H groups in total. The van der Waals surface area contributed by atoms with Gasteiger partial charge in [-0.1, -0.05) is 0 Å². The zero-order valence-electron chi connectivity index (χ0n) is 7.02. The molecule has 2 saturated heterocycles. The molecule has 1 atom stereocenters. The van der Waals surface area contributed by atoms with Gasteiger partial charge in [-0.25, -0.2) is 8.78 Å². The van der Waals surface area contributed by atoms with Crippen molar-refractivity contribution in [1.29, 1.82) is 0 Å². The van der Waals surface area contributed by atoms with Crippen LogP contribution >= 0.6 is 0 Å². The molecule has 0 radical (unpaired) electrons. The number of fused-ring (bicyclic) bond motifs is 1. The minimum Gasteiger partial charge on any atom is -0.329 e. The van der Waals surface area contributed by atoms with E-state index in [0.717, 1.165) is 19.4 Å². The largest absolute Gasteiger partial charge is 0.329 e. The minimum atomic E-state index is -2.50. The number of nitrogens with zero attached hydrogens (tertiary/aromatic N) is 1. The average Bonchev–Trinajstić information content (AvgIpc) is 2.40. The van der Waals surface area contributed by atoms with Gasteiger partial charge < -0.3 is 5.73 Å². The van der Waals surface area contributed by atoms with Crippen molar-refractivity contribution in [3.8, 4) is 0 Å². The topological polar surface area (TPSA) is 29.3 Å². The lowest BCUT2D eigenvalue weighted by molar-refractivity contribution is 0.00969. The number of rotatable bonds is 1. The summed E-state index contributed by atoms with van der Waals surface area (Å²) in [7, 11) is 0. The summed E-state index contributed by atoms with van der Waals surface area (Å²) >= 11 is 0. The van der Waals surface area contributed by atoms with Crippen LogP contribution in [0.4, 0.5) is 8.78 Å². The quantitative estimate of drug-likeness (QED) is 0.641. The third-order valence-electron chi connectivity index (χ3n) is 3.13. The maximum absolute atomic E-state index is 13.0. The Balaban J connectivity index is 2.20. The van der Waals surface area contributed by atoms with Gasteiger partial charge in [0.2, 0.25) is 0 Å². The minimum absolute atomic E-state index is 0.0312. The van der Waals surface area contributed by atoms with Crippen LogP contribution in [0.25, 0.3) is 0 Å². The van der Waals surface area contributed by atoms with E-state index in [9.17, 15) is 8.78 Å². The summed E-state index contributed by atoms with van der Waals surface area (Å²) in [6, 6.07) is 0. The van der Waals surface area contributed by atoms with E-state index in [0.29, 0.717) is 6.54 Å². The number of alkyl halides is 2. The van der Waals surface area contributed by atoms with E-state index in [1.54, 1.807) is 0 Å². The van der Waals surface area contributed by atoms with Crippen molar-refractivity contribution in [3.63, 3.8) is 0 Å². The molecule has 2 aliphatic rings. The molecule has 0 bridgehead atoms. The molecule has 0 saturated carbocycles. The van der Waals surface area contributed by atoms with E-state index in [2.05, 4.69) is 0 Å². The molecule has 2 aliphatic heterocycles. The van der Waals surface area contributed by atoms with Gasteiger partial charge in [0, 0.05) is 18.5 Å². The van der Waals surface area contributed by atoms with Crippen molar-refractivity contribution in [1.82, 2.24) is 4.90 Å². The first-order valence-corrected chi connectivity index (χ1v) is 4.41. The molecule has 0 aromatic rings. The fraction of sp³-hybridized carbons (Fsp3) is 1.00. The van der Waals surface area contributed by atoms with Crippen molar-refractivity contribution < 1.29 is 8.78 Å². The molecule has 2 nitrogen and oxygen atoms in total. The van der Waals surface area contributed by atoms with Gasteiger partial charge in [0.15, 0.2) is 0 Å². The molecule has 70 valence electrons. The van der Waals surface area contributed by atoms with E-state index in [1.807, 2.05) is 4.90 Å². The van der Waals surface area contributed by atoms with Gasteiger partial charge in [0.05, 0.1) is 6.54 Å². The fourth-order valence-electron chi connectivity index (χ4n) is 2.56. The molecule has 0 unspecified atom stereocenters. The van der Waals surface area contributed by atoms with Crippen LogP contribution in [0, 0.1) is 0 Å². The van der Waals surface area contributed by atoms with Gasteiger partial charge in [-0.3, -0.25) is 4.90 Å². The second-order valence-electron chi connectivity index (χ2n) is 3.99. The van der Waals surface area contributed by atoms with Gasteiger partial charge in [-0.15, -0.1) is 0 Å². The average molecular weight is 176 g/mol. The highest BCUT2D eigenvalue weighted by Gasteiger charge is 2.55. The van der Waals surface area contributed by atoms with Gasteiger partial charge in [0.25, 0.3) is 5.92 Å². The van der Waals surface area contributed by atoms with Crippen LogP contribution < -0.4 is 5.73 Å². The smallest absolute Gasteiger partial charge is 0.262 e. The molecule has 12 heavy (non-hydrogen) atoms. The van der Waals surface area contributed by atoms with Crippen LogP contribution in [-0.2, 0) is 0 Å². The zero-order valence-corrected chi connectivity index (χ0v) is 7.02. The molecule has 2 fully saturated rings. The molecule has 0 aromatic heterocycles. The Kier molecular flexibility index (Phi) is 1.67. The Morgan fingerprint density at radius 3 is 2.75 bits per heavy atom. The monoisotopic (exact) mass is 176 g/mol. The lowest BCUT2D eigenvalue weighted by Crippen LogP contribution is -2.44. The highest BCUT2D eigenvalue weighted by atomic mass is 19.3. The number of hydrogen-bond acceptors (Lipinski definition) is 2. The molecular weight excluding hydrogens is 162 g/mol. The Labute approximate surface area is 70.7 Å². The molecule has 0 aromatic carbocycles. The molecule has 0 amide bonds. The summed E-state index contributed by atoms with van der Waals surface area (Å²) in [5.74, 6) is -2.50. The summed E-state index contributed by atoms with van der Waals surface area (Å²) < 4.78 is 26.0. The molecule has 2 rings (SSSR count). The van der Waals surface area contributed by atoms with Gasteiger partial charge in [0.1, 0.15) is 0 Å². The lowest BCUT2D eigenvalue weighted by Gasteiger charge is -2.29. The van der Waals surface area contributed by atoms with Crippen LogP contribution in [0.2, 0.25) is 0 Å². The van der Waals surface area contributed by atoms with E-state index in [-0.39, 0.29) is 18.5 Å². The Morgan fingerprint density at radius 1 is 1.42 bits per heavy atom. The van der Waals surface area contributed by atoms with Crippen LogP contribution in [0.1, 0.15) is 19.3 Å². The standard InChI is InChI=1S/C8H14F2N2/c9-8(10)4-7(5-11)2-1-3-12(7)6-8/h1-6,11H2/t7-/m1/s1. The van der Waals surface area contributed by atoms with Crippen molar-refractivity contribution in [2.75, 3.05) is 19.6 Å². The normalized spacial score (nSPS) is 40.2. The lowest BCUT2D eigenvalue weighted by atomic mass is 9.93. The molecule has 0 aliphatic carbocycles.